The van der Waals surface area contributed by atoms with E-state index in [-0.39, 0.29) is 0 Å². The molecular formula is C21H34O3. The fourth-order valence-electron chi connectivity index (χ4n) is 2.71. The summed E-state index contributed by atoms with van der Waals surface area (Å²) < 4.78 is 10.5. The third-order valence-corrected chi connectivity index (χ3v) is 4.18. The van der Waals surface area contributed by atoms with Crippen LogP contribution in [-0.2, 0) is 11.2 Å². The Labute approximate surface area is 147 Å². The maximum absolute atomic E-state index is 11.8. The van der Waals surface area contributed by atoms with Crippen LogP contribution in [0.5, 0.6) is 5.75 Å². The van der Waals surface area contributed by atoms with Gasteiger partial charge in [-0.05, 0) is 30.9 Å². The van der Waals surface area contributed by atoms with Gasteiger partial charge in [0.2, 0.25) is 0 Å². The normalized spacial score (nSPS) is 10.6. The van der Waals surface area contributed by atoms with Gasteiger partial charge in [-0.2, -0.15) is 0 Å². The highest BCUT2D eigenvalue weighted by Crippen LogP contribution is 2.21. The number of aryl methyl sites for hydroxylation is 1. The highest BCUT2D eigenvalue weighted by Gasteiger charge is 2.09. The highest BCUT2D eigenvalue weighted by molar-refractivity contribution is 5.64. The molecule has 0 fully saturated rings. The Morgan fingerprint density at radius 1 is 0.833 bits per heavy atom. The molecular weight excluding hydrogens is 300 g/mol. The molecule has 0 N–H and O–H groups in total. The molecule has 1 rings (SSSR count). The van der Waals surface area contributed by atoms with E-state index >= 15 is 0 Å². The van der Waals surface area contributed by atoms with E-state index in [2.05, 4.69) is 13.8 Å². The molecule has 3 heteroatoms. The van der Waals surface area contributed by atoms with Gasteiger partial charge in [-0.3, -0.25) is 0 Å². The molecule has 24 heavy (non-hydrogen) atoms. The van der Waals surface area contributed by atoms with Crippen LogP contribution in [0.3, 0.4) is 0 Å². The first-order valence-electron chi connectivity index (χ1n) is 9.70. The fraction of sp³-hybridized carbons (Fsp3) is 0.667. The van der Waals surface area contributed by atoms with Crippen molar-refractivity contribution in [2.75, 3.05) is 6.61 Å². The smallest absolute Gasteiger partial charge is 0.434 e. The summed E-state index contributed by atoms with van der Waals surface area (Å²) in [5.41, 5.74) is 1.09. The summed E-state index contributed by atoms with van der Waals surface area (Å²) in [4.78, 5) is 11.8. The summed E-state index contributed by atoms with van der Waals surface area (Å²) in [5, 5.41) is 0. The predicted octanol–water partition coefficient (Wildman–Crippen LogP) is 6.69. The van der Waals surface area contributed by atoms with Crippen LogP contribution in [0.1, 0.15) is 83.6 Å². The van der Waals surface area contributed by atoms with Crippen LogP contribution in [0.2, 0.25) is 0 Å². The molecule has 0 atom stereocenters. The van der Waals surface area contributed by atoms with Gasteiger partial charge in [0.25, 0.3) is 0 Å². The standard InChI is InChI=1S/C21H34O3/c1-3-5-7-9-10-11-15-19-16-12-13-17-20(19)24-21(22)23-18-14-8-6-4-2/h12-13,16-17H,3-11,14-15,18H2,1-2H3. The van der Waals surface area contributed by atoms with E-state index in [0.717, 1.165) is 31.2 Å². The second kappa shape index (κ2) is 13.9. The minimum Gasteiger partial charge on any atom is -0.434 e. The number of carbonyl (C=O) groups excluding carboxylic acids is 1. The average Bonchev–Trinajstić information content (AvgIpc) is 2.59. The number of para-hydroxylation sites is 1. The summed E-state index contributed by atoms with van der Waals surface area (Å²) in [6, 6.07) is 7.78. The Kier molecular flexibility index (Phi) is 11.9. The Balaban J connectivity index is 2.30. The van der Waals surface area contributed by atoms with E-state index in [0.29, 0.717) is 12.4 Å². The molecule has 3 nitrogen and oxygen atoms in total. The highest BCUT2D eigenvalue weighted by atomic mass is 16.7. The van der Waals surface area contributed by atoms with Crippen molar-refractivity contribution in [2.24, 2.45) is 0 Å². The van der Waals surface area contributed by atoms with Crippen molar-refractivity contribution < 1.29 is 14.3 Å². The van der Waals surface area contributed by atoms with Crippen molar-refractivity contribution in [1.29, 1.82) is 0 Å². The summed E-state index contributed by atoms with van der Waals surface area (Å²) in [7, 11) is 0. The summed E-state index contributed by atoms with van der Waals surface area (Å²) in [6.07, 6.45) is 12.3. The lowest BCUT2D eigenvalue weighted by molar-refractivity contribution is 0.0970. The third kappa shape index (κ3) is 9.59. The van der Waals surface area contributed by atoms with Crippen molar-refractivity contribution in [1.82, 2.24) is 0 Å². The Hall–Kier alpha value is -1.51. The van der Waals surface area contributed by atoms with Crippen molar-refractivity contribution in [2.45, 2.75) is 84.5 Å². The second-order valence-corrected chi connectivity index (χ2v) is 6.39. The Morgan fingerprint density at radius 2 is 1.46 bits per heavy atom. The van der Waals surface area contributed by atoms with Gasteiger partial charge in [0.05, 0.1) is 6.61 Å². The van der Waals surface area contributed by atoms with E-state index in [1.165, 1.54) is 44.9 Å². The van der Waals surface area contributed by atoms with Crippen LogP contribution in [0, 0.1) is 0 Å². The topological polar surface area (TPSA) is 35.5 Å². The van der Waals surface area contributed by atoms with Crippen LogP contribution < -0.4 is 4.74 Å². The van der Waals surface area contributed by atoms with E-state index in [9.17, 15) is 4.79 Å². The number of unbranched alkanes of at least 4 members (excludes halogenated alkanes) is 8. The van der Waals surface area contributed by atoms with E-state index in [1.54, 1.807) is 0 Å². The van der Waals surface area contributed by atoms with Gasteiger partial charge in [0.15, 0.2) is 0 Å². The fourth-order valence-corrected chi connectivity index (χ4v) is 2.71. The lowest BCUT2D eigenvalue weighted by atomic mass is 10.0. The molecule has 0 saturated carbocycles. The molecule has 0 saturated heterocycles. The molecule has 0 radical (unpaired) electrons. The molecule has 0 heterocycles. The Morgan fingerprint density at radius 3 is 2.21 bits per heavy atom. The van der Waals surface area contributed by atoms with Gasteiger partial charge in [0, 0.05) is 0 Å². The van der Waals surface area contributed by atoms with Gasteiger partial charge >= 0.3 is 6.16 Å². The third-order valence-electron chi connectivity index (χ3n) is 4.18. The van der Waals surface area contributed by atoms with Gasteiger partial charge in [0.1, 0.15) is 5.75 Å². The largest absolute Gasteiger partial charge is 0.513 e. The molecule has 1 aromatic rings. The van der Waals surface area contributed by atoms with Crippen LogP contribution in [0.15, 0.2) is 24.3 Å². The van der Waals surface area contributed by atoms with Gasteiger partial charge in [-0.25, -0.2) is 4.79 Å². The molecule has 0 unspecified atom stereocenters. The molecule has 0 spiro atoms. The van der Waals surface area contributed by atoms with E-state index < -0.39 is 6.16 Å². The van der Waals surface area contributed by atoms with Gasteiger partial charge in [-0.15, -0.1) is 0 Å². The molecule has 1 aromatic carbocycles. The zero-order chi connectivity index (χ0) is 17.5. The first-order valence-corrected chi connectivity index (χ1v) is 9.70. The lowest BCUT2D eigenvalue weighted by Gasteiger charge is -2.10. The summed E-state index contributed by atoms with van der Waals surface area (Å²) in [6.45, 7) is 4.84. The zero-order valence-electron chi connectivity index (χ0n) is 15.5. The van der Waals surface area contributed by atoms with Crippen LogP contribution in [-0.4, -0.2) is 12.8 Å². The lowest BCUT2D eigenvalue weighted by Crippen LogP contribution is -2.12. The number of ether oxygens (including phenoxy) is 2. The number of rotatable bonds is 13. The molecule has 0 aliphatic rings. The number of hydrogen-bond acceptors (Lipinski definition) is 3. The predicted molar refractivity (Wildman–Crippen MR) is 99.6 cm³/mol. The van der Waals surface area contributed by atoms with Crippen molar-refractivity contribution in [3.8, 4) is 5.75 Å². The van der Waals surface area contributed by atoms with Gasteiger partial charge < -0.3 is 9.47 Å². The minimum atomic E-state index is -0.582. The van der Waals surface area contributed by atoms with E-state index in [1.807, 2.05) is 24.3 Å². The van der Waals surface area contributed by atoms with Crippen LogP contribution >= 0.6 is 0 Å². The number of carbonyl (C=O) groups is 1. The number of hydrogen-bond donors (Lipinski definition) is 0. The summed E-state index contributed by atoms with van der Waals surface area (Å²) in [5.74, 6) is 0.643. The SMILES string of the molecule is CCCCCCCCc1ccccc1OC(=O)OCCCCCC. The first-order chi connectivity index (χ1) is 11.8. The molecule has 0 bridgehead atoms. The van der Waals surface area contributed by atoms with Crippen molar-refractivity contribution in [3.63, 3.8) is 0 Å². The molecule has 0 aliphatic heterocycles. The molecule has 0 aromatic heterocycles. The average molecular weight is 335 g/mol. The first kappa shape index (κ1) is 20.5. The molecule has 136 valence electrons. The van der Waals surface area contributed by atoms with Crippen LogP contribution in [0.25, 0.3) is 0 Å². The number of benzene rings is 1. The van der Waals surface area contributed by atoms with Gasteiger partial charge in [-0.1, -0.05) is 83.4 Å². The maximum Gasteiger partial charge on any atom is 0.513 e. The van der Waals surface area contributed by atoms with E-state index in [4.69, 9.17) is 9.47 Å². The monoisotopic (exact) mass is 334 g/mol. The molecule has 0 amide bonds. The van der Waals surface area contributed by atoms with Crippen molar-refractivity contribution in [3.05, 3.63) is 29.8 Å². The summed E-state index contributed by atoms with van der Waals surface area (Å²) >= 11 is 0. The zero-order valence-corrected chi connectivity index (χ0v) is 15.5. The quantitative estimate of drug-likeness (QED) is 0.229. The Bertz CT molecular complexity index is 442. The van der Waals surface area contributed by atoms with Crippen molar-refractivity contribution >= 4 is 6.16 Å². The minimum absolute atomic E-state index is 0.443. The second-order valence-electron chi connectivity index (χ2n) is 6.39. The van der Waals surface area contributed by atoms with Crippen LogP contribution in [0.4, 0.5) is 4.79 Å². The maximum atomic E-state index is 11.8. The molecule has 0 aliphatic carbocycles.